The van der Waals surface area contributed by atoms with E-state index in [1.807, 2.05) is 0 Å². The molecule has 0 unspecified atom stereocenters. The lowest BCUT2D eigenvalue weighted by Gasteiger charge is -2.11. The summed E-state index contributed by atoms with van der Waals surface area (Å²) in [4.78, 5) is 12.1. The molecule has 0 aliphatic rings. The Kier molecular flexibility index (Phi) is 8.09. The van der Waals surface area contributed by atoms with Crippen LogP contribution in [-0.4, -0.2) is 12.1 Å². The number of carbonyl (C=O) groups is 1. The SMILES string of the molecule is O=C(N/N=C\c1cc(I)c(OCc2ccc(F)cc2)c(I)c1)c1cccc(C(F)(F)F)c1. The van der Waals surface area contributed by atoms with Gasteiger partial charge in [0.05, 0.1) is 18.9 Å². The van der Waals surface area contributed by atoms with Crippen molar-refractivity contribution in [1.29, 1.82) is 0 Å². The van der Waals surface area contributed by atoms with Gasteiger partial charge in [-0.25, -0.2) is 9.82 Å². The molecule has 4 nitrogen and oxygen atoms in total. The van der Waals surface area contributed by atoms with Crippen LogP contribution in [0.15, 0.2) is 65.8 Å². The fourth-order valence-electron chi connectivity index (χ4n) is 2.59. The first-order valence-electron chi connectivity index (χ1n) is 9.00. The number of nitrogens with zero attached hydrogens (tertiary/aromatic N) is 1. The van der Waals surface area contributed by atoms with Crippen LogP contribution in [-0.2, 0) is 12.8 Å². The van der Waals surface area contributed by atoms with Crippen LogP contribution >= 0.6 is 45.2 Å². The molecule has 0 heterocycles. The Morgan fingerprint density at radius 2 is 1.69 bits per heavy atom. The second-order valence-electron chi connectivity index (χ2n) is 6.51. The number of amides is 1. The molecule has 3 aromatic rings. The molecule has 32 heavy (non-hydrogen) atoms. The van der Waals surface area contributed by atoms with Crippen molar-refractivity contribution in [3.05, 3.63) is 95.9 Å². The standard InChI is InChI=1S/C22H14F4I2N2O2/c23-17-6-4-13(5-7-17)12-32-20-18(27)8-14(9-19(20)28)11-29-30-21(31)15-2-1-3-16(10-15)22(24,25)26/h1-11H,12H2,(H,30,31)/b29-11-. The Hall–Kier alpha value is -2.22. The summed E-state index contributed by atoms with van der Waals surface area (Å²) in [7, 11) is 0. The molecule has 0 spiro atoms. The van der Waals surface area contributed by atoms with Gasteiger partial charge in [-0.1, -0.05) is 18.2 Å². The van der Waals surface area contributed by atoms with Crippen molar-refractivity contribution in [3.8, 4) is 5.75 Å². The van der Waals surface area contributed by atoms with E-state index in [9.17, 15) is 22.4 Å². The highest BCUT2D eigenvalue weighted by Gasteiger charge is 2.30. The molecule has 1 amide bonds. The number of hydrogen-bond acceptors (Lipinski definition) is 3. The van der Waals surface area contributed by atoms with Crippen LogP contribution in [0.3, 0.4) is 0 Å². The lowest BCUT2D eigenvalue weighted by Crippen LogP contribution is -2.18. The number of hydrazone groups is 1. The van der Waals surface area contributed by atoms with Crippen LogP contribution in [0.25, 0.3) is 0 Å². The topological polar surface area (TPSA) is 50.7 Å². The molecule has 0 atom stereocenters. The molecule has 0 aromatic heterocycles. The molecular formula is C22H14F4I2N2O2. The second-order valence-corrected chi connectivity index (χ2v) is 8.83. The Labute approximate surface area is 208 Å². The molecule has 3 rings (SSSR count). The van der Waals surface area contributed by atoms with Crippen molar-refractivity contribution in [2.24, 2.45) is 5.10 Å². The van der Waals surface area contributed by atoms with Gasteiger partial charge in [-0.05, 0) is 98.8 Å². The van der Waals surface area contributed by atoms with Crippen molar-refractivity contribution in [3.63, 3.8) is 0 Å². The van der Waals surface area contributed by atoms with Crippen molar-refractivity contribution >= 4 is 57.3 Å². The van der Waals surface area contributed by atoms with Crippen LogP contribution in [0.4, 0.5) is 17.6 Å². The predicted molar refractivity (Wildman–Crippen MR) is 129 cm³/mol. The van der Waals surface area contributed by atoms with Crippen molar-refractivity contribution in [1.82, 2.24) is 5.43 Å². The van der Waals surface area contributed by atoms with E-state index >= 15 is 0 Å². The van der Waals surface area contributed by atoms with Gasteiger partial charge in [0.2, 0.25) is 0 Å². The third-order valence-electron chi connectivity index (χ3n) is 4.15. The van der Waals surface area contributed by atoms with Crippen molar-refractivity contribution < 1.29 is 27.1 Å². The first-order chi connectivity index (χ1) is 15.1. The third kappa shape index (κ3) is 6.64. The predicted octanol–water partition coefficient (Wildman–Crippen LogP) is 6.40. The third-order valence-corrected chi connectivity index (χ3v) is 5.75. The largest absolute Gasteiger partial charge is 0.487 e. The zero-order valence-electron chi connectivity index (χ0n) is 16.1. The van der Waals surface area contributed by atoms with E-state index in [0.29, 0.717) is 11.3 Å². The Bertz CT molecular complexity index is 1130. The van der Waals surface area contributed by atoms with Crippen LogP contribution < -0.4 is 10.2 Å². The van der Waals surface area contributed by atoms with E-state index in [4.69, 9.17) is 4.74 Å². The van der Waals surface area contributed by atoms with Gasteiger partial charge in [0.15, 0.2) is 0 Å². The molecular weight excluding hydrogens is 654 g/mol. The summed E-state index contributed by atoms with van der Waals surface area (Å²) in [5.74, 6) is -0.418. The van der Waals surface area contributed by atoms with Crippen LogP contribution in [0.1, 0.15) is 27.0 Å². The molecule has 166 valence electrons. The smallest absolute Gasteiger partial charge is 0.416 e. The van der Waals surface area contributed by atoms with Gasteiger partial charge in [-0.15, -0.1) is 0 Å². The number of alkyl halides is 3. The van der Waals surface area contributed by atoms with E-state index in [-0.39, 0.29) is 18.0 Å². The highest BCUT2D eigenvalue weighted by Crippen LogP contribution is 2.30. The van der Waals surface area contributed by atoms with Crippen LogP contribution in [0.2, 0.25) is 0 Å². The number of carbonyl (C=O) groups excluding carboxylic acids is 1. The van der Waals surface area contributed by atoms with Gasteiger partial charge in [0, 0.05) is 5.56 Å². The summed E-state index contributed by atoms with van der Waals surface area (Å²) in [5, 5.41) is 3.83. The maximum absolute atomic E-state index is 13.0. The van der Waals surface area contributed by atoms with Crippen molar-refractivity contribution in [2.45, 2.75) is 12.8 Å². The average Bonchev–Trinajstić information content (AvgIpc) is 2.74. The first-order valence-corrected chi connectivity index (χ1v) is 11.2. The summed E-state index contributed by atoms with van der Waals surface area (Å²) in [6, 6.07) is 13.7. The summed E-state index contributed by atoms with van der Waals surface area (Å²) in [5.41, 5.74) is 2.66. The van der Waals surface area contributed by atoms with Gasteiger partial charge in [0.1, 0.15) is 18.2 Å². The molecule has 3 aromatic carbocycles. The van der Waals surface area contributed by atoms with Gasteiger partial charge in [-0.2, -0.15) is 18.3 Å². The maximum atomic E-state index is 13.0. The molecule has 0 saturated carbocycles. The second kappa shape index (κ2) is 10.6. The molecule has 10 heteroatoms. The molecule has 0 saturated heterocycles. The fraction of sp³-hybridized carbons (Fsp3) is 0.0909. The molecule has 0 fully saturated rings. The normalized spacial score (nSPS) is 11.6. The quantitative estimate of drug-likeness (QED) is 0.143. The fourth-order valence-corrected chi connectivity index (χ4v) is 4.72. The summed E-state index contributed by atoms with van der Waals surface area (Å²) < 4.78 is 58.8. The number of benzene rings is 3. The van der Waals surface area contributed by atoms with E-state index in [0.717, 1.165) is 30.9 Å². The van der Waals surface area contributed by atoms with Crippen LogP contribution in [0, 0.1) is 13.0 Å². The zero-order chi connectivity index (χ0) is 23.3. The van der Waals surface area contributed by atoms with E-state index in [1.165, 1.54) is 24.4 Å². The molecule has 1 N–H and O–H groups in total. The van der Waals surface area contributed by atoms with E-state index < -0.39 is 17.6 Å². The zero-order valence-corrected chi connectivity index (χ0v) is 20.4. The highest BCUT2D eigenvalue weighted by atomic mass is 127. The lowest BCUT2D eigenvalue weighted by molar-refractivity contribution is -0.137. The number of nitrogens with one attached hydrogen (secondary N) is 1. The average molecular weight is 668 g/mol. The van der Waals surface area contributed by atoms with Gasteiger partial charge >= 0.3 is 6.18 Å². The van der Waals surface area contributed by atoms with E-state index in [1.54, 1.807) is 24.3 Å². The number of halogens is 6. The van der Waals surface area contributed by atoms with Gasteiger partial charge in [-0.3, -0.25) is 4.79 Å². The molecule has 0 bridgehead atoms. The van der Waals surface area contributed by atoms with Gasteiger partial charge in [0.25, 0.3) is 5.91 Å². The Balaban J connectivity index is 1.65. The minimum atomic E-state index is -4.53. The Morgan fingerprint density at radius 3 is 2.31 bits per heavy atom. The lowest BCUT2D eigenvalue weighted by atomic mass is 10.1. The van der Waals surface area contributed by atoms with Gasteiger partial charge < -0.3 is 4.74 Å². The maximum Gasteiger partial charge on any atom is 0.416 e. The minimum absolute atomic E-state index is 0.148. The first kappa shape index (κ1) is 24.4. The summed E-state index contributed by atoms with van der Waals surface area (Å²) in [6.07, 6.45) is -3.15. The van der Waals surface area contributed by atoms with Crippen molar-refractivity contribution in [2.75, 3.05) is 0 Å². The molecule has 0 aliphatic carbocycles. The highest BCUT2D eigenvalue weighted by molar-refractivity contribution is 14.1. The Morgan fingerprint density at radius 1 is 1.03 bits per heavy atom. The summed E-state index contributed by atoms with van der Waals surface area (Å²) in [6.45, 7) is 0.271. The molecule has 0 radical (unpaired) electrons. The summed E-state index contributed by atoms with van der Waals surface area (Å²) >= 11 is 4.20. The van der Waals surface area contributed by atoms with Crippen LogP contribution in [0.5, 0.6) is 5.75 Å². The monoisotopic (exact) mass is 668 g/mol. The number of hydrogen-bond donors (Lipinski definition) is 1. The minimum Gasteiger partial charge on any atom is -0.487 e. The molecule has 0 aliphatic heterocycles. The number of rotatable bonds is 6. The van der Waals surface area contributed by atoms with E-state index in [2.05, 4.69) is 55.7 Å². The number of ether oxygens (including phenoxy) is 1.